The topological polar surface area (TPSA) is 42.8 Å². The van der Waals surface area contributed by atoms with Gasteiger partial charge in [-0.2, -0.15) is 0 Å². The predicted molar refractivity (Wildman–Crippen MR) is 80.9 cm³/mol. The van der Waals surface area contributed by atoms with Gasteiger partial charge < -0.3 is 9.72 Å². The average Bonchev–Trinajstić information content (AvgIpc) is 2.74. The molecule has 0 amide bonds. The second kappa shape index (κ2) is 5.34. The lowest BCUT2D eigenvalue weighted by atomic mass is 9.93. The van der Waals surface area contributed by atoms with Crippen molar-refractivity contribution >= 4 is 39.3 Å². The van der Waals surface area contributed by atoms with Crippen LogP contribution in [0.3, 0.4) is 0 Å². The van der Waals surface area contributed by atoms with Crippen LogP contribution in [0.5, 0.6) is 0 Å². The molecule has 2 aromatic rings. The monoisotopic (exact) mass is 341 g/mol. The van der Waals surface area contributed by atoms with E-state index in [1.807, 2.05) is 12.3 Å². The highest BCUT2D eigenvalue weighted by atomic mass is 79.9. The summed E-state index contributed by atoms with van der Waals surface area (Å²) in [4.78, 5) is 7.75. The molecule has 1 N–H and O–H groups in total. The van der Waals surface area contributed by atoms with Gasteiger partial charge in [0.05, 0.1) is 5.52 Å². The number of rotatable bonds is 2. The van der Waals surface area contributed by atoms with Crippen molar-refractivity contribution in [3.05, 3.63) is 21.5 Å². The summed E-state index contributed by atoms with van der Waals surface area (Å²) < 4.78 is 9.29. The zero-order valence-corrected chi connectivity index (χ0v) is 13.1. The van der Waals surface area contributed by atoms with Crippen molar-refractivity contribution in [2.24, 2.45) is 5.92 Å². The third-order valence-electron chi connectivity index (χ3n) is 3.88. The van der Waals surface area contributed by atoms with Crippen LogP contribution in [0.4, 0.5) is 0 Å². The number of aromatic nitrogens is 3. The van der Waals surface area contributed by atoms with E-state index in [1.165, 1.54) is 0 Å². The van der Waals surface area contributed by atoms with Crippen LogP contribution in [0.1, 0.15) is 25.8 Å². The van der Waals surface area contributed by atoms with Gasteiger partial charge in [-0.25, -0.2) is 4.98 Å². The minimum atomic E-state index is 0.346. The minimum Gasteiger partial charge on any atom is -0.381 e. The zero-order chi connectivity index (χ0) is 13.4. The summed E-state index contributed by atoms with van der Waals surface area (Å²) in [6.07, 6.45) is 4.00. The Hall–Kier alpha value is -0.720. The summed E-state index contributed by atoms with van der Waals surface area (Å²) >= 11 is 8.90. The Balaban J connectivity index is 2.03. The van der Waals surface area contributed by atoms with Crippen molar-refractivity contribution in [1.82, 2.24) is 14.5 Å². The van der Waals surface area contributed by atoms with Gasteiger partial charge in [0.25, 0.3) is 0 Å². The third kappa shape index (κ3) is 2.49. The Kier molecular flexibility index (Phi) is 3.73. The number of hydrogen-bond donors (Lipinski definition) is 1. The molecule has 102 valence electrons. The van der Waals surface area contributed by atoms with Gasteiger partial charge in [-0.05, 0) is 59.9 Å². The fourth-order valence-corrected chi connectivity index (χ4v) is 3.47. The summed E-state index contributed by atoms with van der Waals surface area (Å²) in [7, 11) is 0. The largest absolute Gasteiger partial charge is 0.381 e. The van der Waals surface area contributed by atoms with Gasteiger partial charge in [-0.1, -0.05) is 0 Å². The molecule has 1 atom stereocenters. The first-order valence-corrected chi connectivity index (χ1v) is 7.70. The van der Waals surface area contributed by atoms with Crippen molar-refractivity contribution in [3.8, 4) is 0 Å². The second-order valence-corrected chi connectivity index (χ2v) is 6.32. The van der Waals surface area contributed by atoms with E-state index < -0.39 is 0 Å². The number of pyridine rings is 1. The van der Waals surface area contributed by atoms with Crippen molar-refractivity contribution in [2.45, 2.75) is 25.8 Å². The Morgan fingerprint density at radius 3 is 3.00 bits per heavy atom. The van der Waals surface area contributed by atoms with Crippen molar-refractivity contribution in [1.29, 1.82) is 0 Å². The van der Waals surface area contributed by atoms with Gasteiger partial charge >= 0.3 is 0 Å². The maximum Gasteiger partial charge on any atom is 0.179 e. The molecule has 1 fully saturated rings. The molecule has 0 radical (unpaired) electrons. The first kappa shape index (κ1) is 13.3. The quantitative estimate of drug-likeness (QED) is 0.843. The SMILES string of the molecule is CC(C1CCOCC1)n1c(=S)[nH]c2cc(Br)cnc21. The van der Waals surface area contributed by atoms with Crippen molar-refractivity contribution in [2.75, 3.05) is 13.2 Å². The predicted octanol–water partition coefficient (Wildman–Crippen LogP) is 3.84. The molecule has 0 saturated carbocycles. The molecule has 0 spiro atoms. The lowest BCUT2D eigenvalue weighted by molar-refractivity contribution is 0.0516. The number of fused-ring (bicyclic) bond motifs is 1. The summed E-state index contributed by atoms with van der Waals surface area (Å²) in [6, 6.07) is 2.37. The van der Waals surface area contributed by atoms with Crippen LogP contribution in [0.15, 0.2) is 16.7 Å². The van der Waals surface area contributed by atoms with Gasteiger partial charge in [0.1, 0.15) is 0 Å². The first-order valence-electron chi connectivity index (χ1n) is 6.50. The molecule has 3 heterocycles. The standard InChI is InChI=1S/C13H16BrN3OS/c1-8(9-2-4-18-5-3-9)17-12-11(16-13(17)19)6-10(14)7-15-12/h6-9H,2-5H2,1H3,(H,16,19). The third-order valence-corrected chi connectivity index (χ3v) is 4.61. The molecule has 1 aliphatic rings. The number of nitrogens with one attached hydrogen (secondary N) is 1. The molecule has 19 heavy (non-hydrogen) atoms. The normalized spacial score (nSPS) is 18.8. The fraction of sp³-hybridized carbons (Fsp3) is 0.538. The summed E-state index contributed by atoms with van der Waals surface area (Å²) in [5.74, 6) is 0.602. The van der Waals surface area contributed by atoms with Gasteiger partial charge in [0.2, 0.25) is 0 Å². The van der Waals surface area contributed by atoms with E-state index in [4.69, 9.17) is 17.0 Å². The van der Waals surface area contributed by atoms with Crippen LogP contribution in [-0.2, 0) is 4.74 Å². The van der Waals surface area contributed by atoms with Gasteiger partial charge in [-0.15, -0.1) is 0 Å². The van der Waals surface area contributed by atoms with Gasteiger partial charge in [0, 0.05) is 29.9 Å². The second-order valence-electron chi connectivity index (χ2n) is 5.02. The first-order chi connectivity index (χ1) is 9.16. The Labute approximate surface area is 125 Å². The van der Waals surface area contributed by atoms with Crippen LogP contribution < -0.4 is 0 Å². The highest BCUT2D eigenvalue weighted by Gasteiger charge is 2.24. The van der Waals surface area contributed by atoms with E-state index in [0.717, 1.165) is 46.5 Å². The van der Waals surface area contributed by atoms with E-state index in [2.05, 4.69) is 37.4 Å². The molecule has 0 aliphatic carbocycles. The maximum atomic E-state index is 5.46. The van der Waals surface area contributed by atoms with Crippen LogP contribution in [0.25, 0.3) is 11.2 Å². The Morgan fingerprint density at radius 1 is 1.53 bits per heavy atom. The lowest BCUT2D eigenvalue weighted by Crippen LogP contribution is -2.24. The molecular weight excluding hydrogens is 326 g/mol. The summed E-state index contributed by atoms with van der Waals surface area (Å²) in [6.45, 7) is 3.93. The molecule has 2 aromatic heterocycles. The number of H-pyrrole nitrogens is 1. The molecule has 6 heteroatoms. The summed E-state index contributed by atoms with van der Waals surface area (Å²) in [5, 5.41) is 0. The van der Waals surface area contributed by atoms with Crippen molar-refractivity contribution < 1.29 is 4.74 Å². The minimum absolute atomic E-state index is 0.346. The van der Waals surface area contributed by atoms with Crippen molar-refractivity contribution in [3.63, 3.8) is 0 Å². The number of ether oxygens (including phenoxy) is 1. The number of nitrogens with zero attached hydrogens (tertiary/aromatic N) is 2. The highest BCUT2D eigenvalue weighted by Crippen LogP contribution is 2.30. The van der Waals surface area contributed by atoms with Crippen LogP contribution >= 0.6 is 28.1 Å². The molecule has 0 bridgehead atoms. The molecule has 4 nitrogen and oxygen atoms in total. The molecule has 1 unspecified atom stereocenters. The van der Waals surface area contributed by atoms with Gasteiger partial charge in [-0.3, -0.25) is 4.57 Å². The fourth-order valence-electron chi connectivity index (χ4n) is 2.77. The Morgan fingerprint density at radius 2 is 2.26 bits per heavy atom. The molecular formula is C13H16BrN3OS. The maximum absolute atomic E-state index is 5.46. The molecule has 1 saturated heterocycles. The van der Waals surface area contributed by atoms with E-state index in [0.29, 0.717) is 12.0 Å². The average molecular weight is 342 g/mol. The molecule has 3 rings (SSSR count). The highest BCUT2D eigenvalue weighted by molar-refractivity contribution is 9.10. The number of hydrogen-bond acceptors (Lipinski definition) is 3. The number of aromatic amines is 1. The van der Waals surface area contributed by atoms with E-state index >= 15 is 0 Å². The molecule has 0 aromatic carbocycles. The lowest BCUT2D eigenvalue weighted by Gasteiger charge is -2.28. The smallest absolute Gasteiger partial charge is 0.179 e. The number of halogens is 1. The number of imidazole rings is 1. The molecule has 1 aliphatic heterocycles. The van der Waals surface area contributed by atoms with Crippen LogP contribution in [0, 0.1) is 10.7 Å². The van der Waals surface area contributed by atoms with Crippen LogP contribution in [0.2, 0.25) is 0 Å². The van der Waals surface area contributed by atoms with E-state index in [1.54, 1.807) is 0 Å². The Bertz CT molecular complexity index is 645. The zero-order valence-electron chi connectivity index (χ0n) is 10.7. The van der Waals surface area contributed by atoms with E-state index in [9.17, 15) is 0 Å². The van der Waals surface area contributed by atoms with Crippen LogP contribution in [-0.4, -0.2) is 27.7 Å². The summed E-state index contributed by atoms with van der Waals surface area (Å²) in [5.41, 5.74) is 1.92. The van der Waals surface area contributed by atoms with E-state index in [-0.39, 0.29) is 0 Å². The van der Waals surface area contributed by atoms with Gasteiger partial charge in [0.15, 0.2) is 10.4 Å².